The lowest BCUT2D eigenvalue weighted by Crippen LogP contribution is -2.52. The molecule has 3 aromatic rings. The highest BCUT2D eigenvalue weighted by Gasteiger charge is 2.33. The predicted molar refractivity (Wildman–Crippen MR) is 101 cm³/mol. The molecule has 2 aromatic heterocycles. The van der Waals surface area contributed by atoms with Crippen LogP contribution in [0.4, 0.5) is 5.82 Å². The van der Waals surface area contributed by atoms with Crippen molar-refractivity contribution in [2.45, 2.75) is 12.5 Å². The summed E-state index contributed by atoms with van der Waals surface area (Å²) >= 11 is 1.54. The monoisotopic (exact) mass is 368 g/mol. The number of aromatic amines is 1. The number of nitrogens with zero attached hydrogens (tertiary/aromatic N) is 4. The fourth-order valence-electron chi connectivity index (χ4n) is 3.84. The molecule has 0 bridgehead atoms. The maximum atomic E-state index is 13.0. The number of rotatable bonds is 2. The lowest BCUT2D eigenvalue weighted by atomic mass is 10.0. The Balaban J connectivity index is 1.30. The van der Waals surface area contributed by atoms with Crippen molar-refractivity contribution in [1.29, 1.82) is 0 Å². The third-order valence-electron chi connectivity index (χ3n) is 5.24. The van der Waals surface area contributed by atoms with E-state index in [1.807, 2.05) is 11.0 Å². The van der Waals surface area contributed by atoms with Gasteiger partial charge in [-0.1, -0.05) is 12.1 Å². The second kappa shape index (κ2) is 6.37. The van der Waals surface area contributed by atoms with Crippen LogP contribution in [0.1, 0.15) is 17.4 Å². The zero-order chi connectivity index (χ0) is 17.5. The maximum absolute atomic E-state index is 13.0. The highest BCUT2D eigenvalue weighted by molar-refractivity contribution is 7.13. The van der Waals surface area contributed by atoms with Crippen LogP contribution in [0.3, 0.4) is 0 Å². The number of hydrogen-bond acceptors (Lipinski definition) is 6. The van der Waals surface area contributed by atoms with E-state index in [-0.39, 0.29) is 11.9 Å². The number of H-pyrrole nitrogens is 1. The maximum Gasteiger partial charge on any atom is 0.246 e. The molecule has 7 nitrogen and oxygen atoms in total. The molecule has 2 aliphatic heterocycles. The SMILES string of the molecule is O=C(C1NCCc2[nH]cnc21)N1CCN(c2nsc3ccccc23)CC1. The van der Waals surface area contributed by atoms with Gasteiger partial charge in [-0.25, -0.2) is 4.98 Å². The van der Waals surface area contributed by atoms with Crippen LogP contribution >= 0.6 is 11.5 Å². The van der Waals surface area contributed by atoms with Gasteiger partial charge >= 0.3 is 0 Å². The van der Waals surface area contributed by atoms with Gasteiger partial charge in [0.05, 0.1) is 16.7 Å². The summed E-state index contributed by atoms with van der Waals surface area (Å²) in [5, 5.41) is 4.52. The van der Waals surface area contributed by atoms with Crippen molar-refractivity contribution in [1.82, 2.24) is 24.6 Å². The number of amides is 1. The highest BCUT2D eigenvalue weighted by Crippen LogP contribution is 2.30. The van der Waals surface area contributed by atoms with E-state index in [1.165, 1.54) is 21.6 Å². The van der Waals surface area contributed by atoms with E-state index in [0.717, 1.165) is 43.3 Å². The molecule has 134 valence electrons. The second-order valence-electron chi connectivity index (χ2n) is 6.72. The quantitative estimate of drug-likeness (QED) is 0.718. The fraction of sp³-hybridized carbons (Fsp3) is 0.389. The third-order valence-corrected chi connectivity index (χ3v) is 6.06. The molecule has 0 radical (unpaired) electrons. The average Bonchev–Trinajstić information content (AvgIpc) is 3.34. The van der Waals surface area contributed by atoms with Gasteiger partial charge in [-0.2, -0.15) is 4.37 Å². The van der Waals surface area contributed by atoms with Crippen LogP contribution in [-0.2, 0) is 11.2 Å². The van der Waals surface area contributed by atoms with E-state index >= 15 is 0 Å². The number of piperazine rings is 1. The first kappa shape index (κ1) is 15.8. The van der Waals surface area contributed by atoms with Gasteiger partial charge in [0.2, 0.25) is 5.91 Å². The fourth-order valence-corrected chi connectivity index (χ4v) is 4.64. The summed E-state index contributed by atoms with van der Waals surface area (Å²) < 4.78 is 5.85. The van der Waals surface area contributed by atoms with Crippen molar-refractivity contribution in [2.24, 2.45) is 0 Å². The highest BCUT2D eigenvalue weighted by atomic mass is 32.1. The van der Waals surface area contributed by atoms with E-state index in [9.17, 15) is 4.79 Å². The summed E-state index contributed by atoms with van der Waals surface area (Å²) in [5.41, 5.74) is 1.93. The number of fused-ring (bicyclic) bond motifs is 2. The topological polar surface area (TPSA) is 77.2 Å². The van der Waals surface area contributed by atoms with Crippen molar-refractivity contribution in [3.05, 3.63) is 42.0 Å². The Morgan fingerprint density at radius 1 is 1.19 bits per heavy atom. The molecule has 0 spiro atoms. The Kier molecular flexibility index (Phi) is 3.86. The molecule has 1 amide bonds. The third kappa shape index (κ3) is 2.57. The lowest BCUT2D eigenvalue weighted by molar-refractivity contribution is -0.134. The van der Waals surface area contributed by atoms with Gasteiger partial charge in [0, 0.05) is 50.2 Å². The summed E-state index contributed by atoms with van der Waals surface area (Å²) in [5.74, 6) is 1.17. The smallest absolute Gasteiger partial charge is 0.246 e. The molecule has 1 fully saturated rings. The number of carbonyl (C=O) groups excluding carboxylic acids is 1. The Morgan fingerprint density at radius 2 is 2.04 bits per heavy atom. The van der Waals surface area contributed by atoms with E-state index in [4.69, 9.17) is 0 Å². The van der Waals surface area contributed by atoms with Crippen LogP contribution in [0.2, 0.25) is 0 Å². The Hall–Kier alpha value is -2.45. The van der Waals surface area contributed by atoms with E-state index in [1.54, 1.807) is 6.33 Å². The van der Waals surface area contributed by atoms with Crippen molar-refractivity contribution in [3.8, 4) is 0 Å². The van der Waals surface area contributed by atoms with Gasteiger partial charge in [0.1, 0.15) is 11.9 Å². The summed E-state index contributed by atoms with van der Waals surface area (Å²) in [6, 6.07) is 8.00. The molecule has 2 N–H and O–H groups in total. The Labute approximate surface area is 155 Å². The number of anilines is 1. The molecule has 8 heteroatoms. The number of nitrogens with one attached hydrogen (secondary N) is 2. The molecule has 1 atom stereocenters. The van der Waals surface area contributed by atoms with Gasteiger partial charge < -0.3 is 20.1 Å². The number of hydrogen-bond donors (Lipinski definition) is 2. The first-order valence-electron chi connectivity index (χ1n) is 8.95. The number of carbonyl (C=O) groups is 1. The van der Waals surface area contributed by atoms with Crippen LogP contribution in [0.15, 0.2) is 30.6 Å². The average molecular weight is 368 g/mol. The van der Waals surface area contributed by atoms with Crippen LogP contribution in [-0.4, -0.2) is 57.9 Å². The molecule has 1 aromatic carbocycles. The molecule has 5 rings (SSSR count). The molecule has 1 saturated heterocycles. The first-order valence-corrected chi connectivity index (χ1v) is 9.72. The van der Waals surface area contributed by atoms with Crippen LogP contribution in [0.25, 0.3) is 10.1 Å². The predicted octanol–water partition coefficient (Wildman–Crippen LogP) is 1.55. The summed E-state index contributed by atoms with van der Waals surface area (Å²) in [6.45, 7) is 3.83. The largest absolute Gasteiger partial charge is 0.352 e. The molecule has 1 unspecified atom stereocenters. The van der Waals surface area contributed by atoms with Crippen LogP contribution in [0.5, 0.6) is 0 Å². The van der Waals surface area contributed by atoms with Crippen molar-refractivity contribution >= 4 is 33.3 Å². The molecule has 2 aliphatic rings. The van der Waals surface area contributed by atoms with E-state index in [2.05, 4.69) is 42.8 Å². The number of imidazole rings is 1. The number of aromatic nitrogens is 3. The number of benzene rings is 1. The Bertz CT molecular complexity index is 942. The van der Waals surface area contributed by atoms with Crippen molar-refractivity contribution < 1.29 is 4.79 Å². The van der Waals surface area contributed by atoms with Crippen molar-refractivity contribution in [3.63, 3.8) is 0 Å². The minimum Gasteiger partial charge on any atom is -0.352 e. The normalized spacial score (nSPS) is 20.4. The molecule has 26 heavy (non-hydrogen) atoms. The van der Waals surface area contributed by atoms with Gasteiger partial charge in [0.25, 0.3) is 0 Å². The zero-order valence-corrected chi connectivity index (χ0v) is 15.1. The van der Waals surface area contributed by atoms with Gasteiger partial charge in [-0.05, 0) is 23.7 Å². The summed E-state index contributed by atoms with van der Waals surface area (Å²) in [6.07, 6.45) is 2.58. The molecule has 4 heterocycles. The molecular weight excluding hydrogens is 348 g/mol. The van der Waals surface area contributed by atoms with Gasteiger partial charge in [-0.15, -0.1) is 0 Å². The molecular formula is C18H20N6OS. The lowest BCUT2D eigenvalue weighted by Gasteiger charge is -2.37. The Morgan fingerprint density at radius 3 is 2.92 bits per heavy atom. The van der Waals surface area contributed by atoms with E-state index in [0.29, 0.717) is 13.1 Å². The van der Waals surface area contributed by atoms with Crippen LogP contribution in [0, 0.1) is 0 Å². The van der Waals surface area contributed by atoms with Crippen molar-refractivity contribution in [2.75, 3.05) is 37.6 Å². The first-order chi connectivity index (χ1) is 12.8. The molecule has 0 aliphatic carbocycles. The second-order valence-corrected chi connectivity index (χ2v) is 7.52. The van der Waals surface area contributed by atoms with E-state index < -0.39 is 0 Å². The minimum atomic E-state index is -0.323. The molecule has 0 saturated carbocycles. The summed E-state index contributed by atoms with van der Waals surface area (Å²) in [7, 11) is 0. The van der Waals surface area contributed by atoms with Gasteiger partial charge in [0.15, 0.2) is 0 Å². The minimum absolute atomic E-state index is 0.126. The van der Waals surface area contributed by atoms with Gasteiger partial charge in [-0.3, -0.25) is 4.79 Å². The zero-order valence-electron chi connectivity index (χ0n) is 14.3. The summed E-state index contributed by atoms with van der Waals surface area (Å²) in [4.78, 5) is 24.7. The standard InChI is InChI=1S/C18H20N6OS/c25-18(16-15-13(5-6-19-16)20-11-21-15)24-9-7-23(8-10-24)17-12-3-1-2-4-14(12)26-22-17/h1-4,11,16,19H,5-10H2,(H,20,21). The van der Waals surface area contributed by atoms with Crippen LogP contribution < -0.4 is 10.2 Å².